The average molecular weight is 247 g/mol. The maximum atomic E-state index is 13.1. The highest BCUT2D eigenvalue weighted by Gasteiger charge is 2.11. The smallest absolute Gasteiger partial charge is 0.185 e. The number of nitrogens with zero attached hydrogens (tertiary/aromatic N) is 1. The van der Waals surface area contributed by atoms with E-state index >= 15 is 0 Å². The molecule has 0 radical (unpaired) electrons. The first-order valence-electron chi connectivity index (χ1n) is 5.46. The number of carbonyl (C=O) groups is 1. The number of Topliss-reactive ketones (excluding diaryl/α,β-unsaturated/α-hetero) is 1. The second kappa shape index (κ2) is 5.04. The largest absolute Gasteiger partial charge is 0.292 e. The molecule has 0 fully saturated rings. The van der Waals surface area contributed by atoms with Crippen molar-refractivity contribution >= 4 is 5.78 Å². The van der Waals surface area contributed by atoms with Crippen LogP contribution in [0, 0.1) is 18.6 Å². The molecule has 1 heterocycles. The fraction of sp³-hybridized carbons (Fsp3) is 0.143. The standard InChI is InChI=1S/C14H11F2NO/c1-9-2-3-11(15)6-10(9)7-14(18)13-5-4-12(16)8-17-13/h2-6,8H,7H2,1H3. The van der Waals surface area contributed by atoms with Crippen LogP contribution in [0.3, 0.4) is 0 Å². The maximum absolute atomic E-state index is 13.1. The topological polar surface area (TPSA) is 30.0 Å². The predicted molar refractivity (Wildman–Crippen MR) is 63.4 cm³/mol. The molecule has 0 aliphatic heterocycles. The summed E-state index contributed by atoms with van der Waals surface area (Å²) in [6, 6.07) is 6.80. The van der Waals surface area contributed by atoms with Crippen LogP contribution in [0.1, 0.15) is 21.6 Å². The minimum Gasteiger partial charge on any atom is -0.292 e. The summed E-state index contributed by atoms with van der Waals surface area (Å²) in [7, 11) is 0. The Morgan fingerprint density at radius 2 is 1.89 bits per heavy atom. The Balaban J connectivity index is 2.21. The Hall–Kier alpha value is -2.10. The van der Waals surface area contributed by atoms with Crippen molar-refractivity contribution in [1.29, 1.82) is 0 Å². The Bertz CT molecular complexity index is 579. The molecule has 0 spiro atoms. The molecule has 0 N–H and O–H groups in total. The SMILES string of the molecule is Cc1ccc(F)cc1CC(=O)c1ccc(F)cn1. The first-order valence-corrected chi connectivity index (χ1v) is 5.46. The lowest BCUT2D eigenvalue weighted by atomic mass is 10.0. The molecule has 0 amide bonds. The molecular weight excluding hydrogens is 236 g/mol. The van der Waals surface area contributed by atoms with Gasteiger partial charge >= 0.3 is 0 Å². The lowest BCUT2D eigenvalue weighted by Crippen LogP contribution is -2.07. The van der Waals surface area contributed by atoms with Crippen LogP contribution in [0.2, 0.25) is 0 Å². The molecule has 1 aromatic carbocycles. The van der Waals surface area contributed by atoms with Crippen LogP contribution >= 0.6 is 0 Å². The summed E-state index contributed by atoms with van der Waals surface area (Å²) in [4.78, 5) is 15.6. The molecule has 0 aliphatic rings. The summed E-state index contributed by atoms with van der Waals surface area (Å²) in [6.07, 6.45) is 1.05. The molecule has 18 heavy (non-hydrogen) atoms. The van der Waals surface area contributed by atoms with Gasteiger partial charge < -0.3 is 0 Å². The average Bonchev–Trinajstić information content (AvgIpc) is 2.34. The number of ketones is 1. The zero-order chi connectivity index (χ0) is 13.1. The molecule has 0 bridgehead atoms. The van der Waals surface area contributed by atoms with Crippen molar-refractivity contribution in [3.05, 3.63) is 65.0 Å². The van der Waals surface area contributed by atoms with Gasteiger partial charge in [-0.15, -0.1) is 0 Å². The van der Waals surface area contributed by atoms with Crippen LogP contribution in [0.5, 0.6) is 0 Å². The van der Waals surface area contributed by atoms with Crippen molar-refractivity contribution in [2.75, 3.05) is 0 Å². The Kier molecular flexibility index (Phi) is 3.46. The molecule has 0 saturated heterocycles. The molecular formula is C14H11F2NO. The first kappa shape index (κ1) is 12.4. The highest BCUT2D eigenvalue weighted by Crippen LogP contribution is 2.13. The van der Waals surface area contributed by atoms with Gasteiger partial charge in [0.2, 0.25) is 0 Å². The quantitative estimate of drug-likeness (QED) is 0.780. The van der Waals surface area contributed by atoms with Gasteiger partial charge in [0.25, 0.3) is 0 Å². The second-order valence-corrected chi connectivity index (χ2v) is 4.03. The van der Waals surface area contributed by atoms with Crippen LogP contribution in [-0.4, -0.2) is 10.8 Å². The minimum absolute atomic E-state index is 0.0578. The third-order valence-electron chi connectivity index (χ3n) is 2.68. The Morgan fingerprint density at radius 1 is 1.17 bits per heavy atom. The normalized spacial score (nSPS) is 10.4. The highest BCUT2D eigenvalue weighted by atomic mass is 19.1. The molecule has 0 unspecified atom stereocenters. The van der Waals surface area contributed by atoms with Gasteiger partial charge in [-0.1, -0.05) is 6.07 Å². The van der Waals surface area contributed by atoms with Gasteiger partial charge in [0, 0.05) is 6.42 Å². The van der Waals surface area contributed by atoms with Crippen LogP contribution in [-0.2, 0) is 6.42 Å². The maximum Gasteiger partial charge on any atom is 0.185 e. The third-order valence-corrected chi connectivity index (χ3v) is 2.68. The lowest BCUT2D eigenvalue weighted by molar-refractivity contribution is 0.0988. The number of hydrogen-bond acceptors (Lipinski definition) is 2. The number of carbonyl (C=O) groups excluding carboxylic acids is 1. The van der Waals surface area contributed by atoms with Crippen molar-refractivity contribution in [1.82, 2.24) is 4.98 Å². The summed E-state index contributed by atoms with van der Waals surface area (Å²) in [5.74, 6) is -1.13. The molecule has 0 aliphatic carbocycles. The van der Waals surface area contributed by atoms with Crippen LogP contribution in [0.4, 0.5) is 8.78 Å². The lowest BCUT2D eigenvalue weighted by Gasteiger charge is -2.05. The summed E-state index contributed by atoms with van der Waals surface area (Å²) in [5, 5.41) is 0. The zero-order valence-electron chi connectivity index (χ0n) is 9.78. The molecule has 2 aromatic rings. The number of hydrogen-bond donors (Lipinski definition) is 0. The van der Waals surface area contributed by atoms with Crippen molar-refractivity contribution in [2.45, 2.75) is 13.3 Å². The summed E-state index contributed by atoms with van der Waals surface area (Å²) in [6.45, 7) is 1.81. The van der Waals surface area contributed by atoms with Gasteiger partial charge in [-0.2, -0.15) is 0 Å². The predicted octanol–water partition coefficient (Wildman–Crippen LogP) is 3.09. The van der Waals surface area contributed by atoms with Gasteiger partial charge in [0.15, 0.2) is 5.78 Å². The van der Waals surface area contributed by atoms with E-state index in [2.05, 4.69) is 4.98 Å². The van der Waals surface area contributed by atoms with E-state index in [1.165, 1.54) is 24.3 Å². The molecule has 2 rings (SSSR count). The summed E-state index contributed by atoms with van der Waals surface area (Å²) >= 11 is 0. The first-order chi connectivity index (χ1) is 8.56. The van der Waals surface area contributed by atoms with E-state index in [0.717, 1.165) is 11.8 Å². The number of benzene rings is 1. The van der Waals surface area contributed by atoms with Gasteiger partial charge in [-0.3, -0.25) is 9.78 Å². The van der Waals surface area contributed by atoms with E-state index in [9.17, 15) is 13.6 Å². The van der Waals surface area contributed by atoms with Crippen molar-refractivity contribution in [3.8, 4) is 0 Å². The zero-order valence-corrected chi connectivity index (χ0v) is 9.78. The summed E-state index contributed by atoms with van der Waals surface area (Å²) < 4.78 is 25.7. The van der Waals surface area contributed by atoms with E-state index in [1.54, 1.807) is 13.0 Å². The molecule has 2 nitrogen and oxygen atoms in total. The van der Waals surface area contributed by atoms with E-state index in [1.807, 2.05) is 0 Å². The molecule has 0 saturated carbocycles. The van der Waals surface area contributed by atoms with Gasteiger partial charge in [0.1, 0.15) is 17.3 Å². The van der Waals surface area contributed by atoms with E-state index in [-0.39, 0.29) is 23.7 Å². The molecule has 4 heteroatoms. The Morgan fingerprint density at radius 3 is 2.56 bits per heavy atom. The van der Waals surface area contributed by atoms with E-state index in [4.69, 9.17) is 0 Å². The molecule has 1 aromatic heterocycles. The van der Waals surface area contributed by atoms with Crippen molar-refractivity contribution in [3.63, 3.8) is 0 Å². The van der Waals surface area contributed by atoms with Crippen LogP contribution in [0.25, 0.3) is 0 Å². The number of aryl methyl sites for hydroxylation is 1. The van der Waals surface area contributed by atoms with Gasteiger partial charge in [0.05, 0.1) is 6.20 Å². The van der Waals surface area contributed by atoms with Crippen molar-refractivity contribution in [2.24, 2.45) is 0 Å². The highest BCUT2D eigenvalue weighted by molar-refractivity contribution is 5.95. The number of halogens is 2. The fourth-order valence-electron chi connectivity index (χ4n) is 1.63. The second-order valence-electron chi connectivity index (χ2n) is 4.03. The Labute approximate surface area is 103 Å². The van der Waals surface area contributed by atoms with E-state index < -0.39 is 5.82 Å². The number of pyridine rings is 1. The number of rotatable bonds is 3. The van der Waals surface area contributed by atoms with Crippen LogP contribution < -0.4 is 0 Å². The summed E-state index contributed by atoms with van der Waals surface area (Å²) in [5.41, 5.74) is 1.64. The minimum atomic E-state index is -0.492. The van der Waals surface area contributed by atoms with Crippen LogP contribution in [0.15, 0.2) is 36.5 Å². The molecule has 92 valence electrons. The van der Waals surface area contributed by atoms with Crippen molar-refractivity contribution < 1.29 is 13.6 Å². The third kappa shape index (κ3) is 2.77. The molecule has 0 atom stereocenters. The fourth-order valence-corrected chi connectivity index (χ4v) is 1.63. The van der Waals surface area contributed by atoms with Gasteiger partial charge in [-0.25, -0.2) is 8.78 Å². The van der Waals surface area contributed by atoms with E-state index in [0.29, 0.717) is 5.56 Å². The monoisotopic (exact) mass is 247 g/mol. The van der Waals surface area contributed by atoms with Gasteiger partial charge in [-0.05, 0) is 42.3 Å². The number of aromatic nitrogens is 1.